The molecule has 4 nitrogen and oxygen atoms in total. The molecule has 0 aromatic rings. The first-order valence-electron chi connectivity index (χ1n) is 4.60. The highest BCUT2D eigenvalue weighted by molar-refractivity contribution is 5.97. The monoisotopic (exact) mass is 206 g/mol. The molecule has 0 aliphatic heterocycles. The van der Waals surface area contributed by atoms with Crippen molar-refractivity contribution in [1.82, 2.24) is 0 Å². The van der Waals surface area contributed by atoms with E-state index in [2.05, 4.69) is 9.47 Å². The number of carbonyl (C=O) groups is 2. The molecule has 0 saturated carbocycles. The van der Waals surface area contributed by atoms with E-state index in [1.807, 2.05) is 0 Å². The molecule has 0 aromatic heterocycles. The quantitative estimate of drug-likeness (QED) is 0.484. The summed E-state index contributed by atoms with van der Waals surface area (Å²) in [4.78, 5) is 21.6. The highest BCUT2D eigenvalue weighted by Gasteiger charge is 2.28. The van der Waals surface area contributed by atoms with Crippen molar-refractivity contribution in [3.8, 4) is 0 Å². The molecule has 0 aromatic carbocycles. The molecule has 0 fully saturated rings. The molecule has 0 spiro atoms. The van der Waals surface area contributed by atoms with Gasteiger partial charge in [0, 0.05) is 0 Å². The molecular weight excluding hydrogens is 191 g/mol. The minimum Gasteiger partial charge on any atom is -0.463 e. The summed E-state index contributed by atoms with van der Waals surface area (Å²) in [6.07, 6.45) is -1.14. The van der Waals surface area contributed by atoms with Crippen LogP contribution in [0.15, 0.2) is 0 Å². The highest BCUT2D eigenvalue weighted by Crippen LogP contribution is 1.99. The minimum absolute atomic E-state index is 0.111. The van der Waals surface area contributed by atoms with Gasteiger partial charge in [-0.3, -0.25) is 0 Å². The average Bonchev–Trinajstić information content (AvgIpc) is 2.21. The molecule has 0 bridgehead atoms. The molecule has 0 radical (unpaired) electrons. The van der Waals surface area contributed by atoms with Crippen LogP contribution in [0.5, 0.6) is 0 Å². The number of hydrogen-bond donors (Lipinski definition) is 0. The van der Waals surface area contributed by atoms with Crippen LogP contribution in [0.2, 0.25) is 0 Å². The van der Waals surface area contributed by atoms with Crippen molar-refractivity contribution in [3.05, 3.63) is 0 Å². The van der Waals surface area contributed by atoms with Crippen LogP contribution in [-0.2, 0) is 19.1 Å². The fraction of sp³-hybridized carbons (Fsp3) is 0.778. The van der Waals surface area contributed by atoms with Gasteiger partial charge in [0.2, 0.25) is 0 Å². The summed E-state index contributed by atoms with van der Waals surface area (Å²) >= 11 is 0. The van der Waals surface area contributed by atoms with Crippen LogP contribution in [0.1, 0.15) is 26.7 Å². The first kappa shape index (κ1) is 12.9. The van der Waals surface area contributed by atoms with Gasteiger partial charge in [-0.05, 0) is 12.8 Å². The summed E-state index contributed by atoms with van der Waals surface area (Å²) in [5.41, 5.74) is 0. The van der Waals surface area contributed by atoms with Crippen molar-refractivity contribution < 1.29 is 23.5 Å². The summed E-state index contributed by atoms with van der Waals surface area (Å²) in [5.74, 6) is -2.35. The first-order chi connectivity index (χ1) is 6.63. The normalized spacial score (nSPS) is 10.0. The van der Waals surface area contributed by atoms with Crippen LogP contribution < -0.4 is 0 Å². The Kier molecular flexibility index (Phi) is 6.70. The zero-order valence-electron chi connectivity index (χ0n) is 8.42. The lowest BCUT2D eigenvalue weighted by atomic mass is 10.4. The Morgan fingerprint density at radius 1 is 1.07 bits per heavy atom. The lowest BCUT2D eigenvalue weighted by molar-refractivity contribution is -0.163. The number of esters is 2. The van der Waals surface area contributed by atoms with Gasteiger partial charge in [-0.15, -0.1) is 0 Å². The summed E-state index contributed by atoms with van der Waals surface area (Å²) in [6.45, 7) is 3.77. The van der Waals surface area contributed by atoms with Crippen LogP contribution in [0.25, 0.3) is 0 Å². The molecular formula is C9H15FO4. The Morgan fingerprint density at radius 3 is 1.71 bits per heavy atom. The second-order valence-corrected chi connectivity index (χ2v) is 2.70. The van der Waals surface area contributed by atoms with Crippen molar-refractivity contribution in [3.63, 3.8) is 0 Å². The maximum atomic E-state index is 12.9. The number of carbonyl (C=O) groups excluding carboxylic acids is 2. The third kappa shape index (κ3) is 4.79. The molecule has 0 amide bonds. The van der Waals surface area contributed by atoms with E-state index in [4.69, 9.17) is 0 Å². The molecule has 82 valence electrons. The second kappa shape index (κ2) is 7.29. The topological polar surface area (TPSA) is 52.6 Å². The highest BCUT2D eigenvalue weighted by atomic mass is 19.1. The molecule has 0 saturated heterocycles. The molecule has 0 aliphatic rings. The van der Waals surface area contributed by atoms with Crippen molar-refractivity contribution in [2.24, 2.45) is 0 Å². The van der Waals surface area contributed by atoms with E-state index < -0.39 is 18.1 Å². The largest absolute Gasteiger partial charge is 0.463 e. The fourth-order valence-corrected chi connectivity index (χ4v) is 0.648. The Balaban J connectivity index is 3.85. The van der Waals surface area contributed by atoms with Gasteiger partial charge in [-0.1, -0.05) is 13.8 Å². The zero-order valence-corrected chi connectivity index (χ0v) is 8.42. The van der Waals surface area contributed by atoms with E-state index in [9.17, 15) is 14.0 Å². The van der Waals surface area contributed by atoms with E-state index in [1.54, 1.807) is 13.8 Å². The Bertz CT molecular complexity index is 173. The van der Waals surface area contributed by atoms with Gasteiger partial charge < -0.3 is 9.47 Å². The smallest absolute Gasteiger partial charge is 0.352 e. The van der Waals surface area contributed by atoms with Crippen LogP contribution in [-0.4, -0.2) is 31.3 Å². The van der Waals surface area contributed by atoms with Gasteiger partial charge in [0.15, 0.2) is 0 Å². The maximum absolute atomic E-state index is 12.9. The number of ether oxygens (including phenoxy) is 2. The van der Waals surface area contributed by atoms with Crippen LogP contribution in [0, 0.1) is 0 Å². The Morgan fingerprint density at radius 2 is 1.43 bits per heavy atom. The van der Waals surface area contributed by atoms with Gasteiger partial charge in [-0.2, -0.15) is 0 Å². The molecule has 0 rings (SSSR count). The molecule has 0 unspecified atom stereocenters. The zero-order chi connectivity index (χ0) is 11.0. The second-order valence-electron chi connectivity index (χ2n) is 2.70. The lowest BCUT2D eigenvalue weighted by Gasteiger charge is -2.07. The molecule has 0 atom stereocenters. The lowest BCUT2D eigenvalue weighted by Crippen LogP contribution is -2.30. The Labute approximate surface area is 82.4 Å². The van der Waals surface area contributed by atoms with Crippen LogP contribution >= 0.6 is 0 Å². The molecule has 5 heteroatoms. The summed E-state index contributed by atoms with van der Waals surface area (Å²) in [5, 5.41) is 0. The van der Waals surface area contributed by atoms with Gasteiger partial charge in [0.05, 0.1) is 13.2 Å². The number of rotatable bonds is 6. The van der Waals surface area contributed by atoms with Crippen molar-refractivity contribution in [2.75, 3.05) is 13.2 Å². The number of alkyl halides is 1. The SMILES string of the molecule is CCCOC(=O)C(F)C(=O)OCCC. The maximum Gasteiger partial charge on any atom is 0.352 e. The van der Waals surface area contributed by atoms with Gasteiger partial charge in [0.1, 0.15) is 0 Å². The first-order valence-corrected chi connectivity index (χ1v) is 4.60. The summed E-state index contributed by atoms with van der Waals surface area (Å²) < 4.78 is 21.8. The molecule has 0 aliphatic carbocycles. The van der Waals surface area contributed by atoms with Gasteiger partial charge in [0.25, 0.3) is 6.17 Å². The van der Waals surface area contributed by atoms with E-state index in [0.717, 1.165) is 0 Å². The van der Waals surface area contributed by atoms with Gasteiger partial charge in [-0.25, -0.2) is 14.0 Å². The van der Waals surface area contributed by atoms with Crippen molar-refractivity contribution in [2.45, 2.75) is 32.9 Å². The Hall–Kier alpha value is -1.13. The minimum atomic E-state index is -2.31. The molecule has 0 heterocycles. The average molecular weight is 206 g/mol. The van der Waals surface area contributed by atoms with Crippen LogP contribution in [0.3, 0.4) is 0 Å². The number of hydrogen-bond acceptors (Lipinski definition) is 4. The van der Waals surface area contributed by atoms with Crippen LogP contribution in [0.4, 0.5) is 4.39 Å². The standard InChI is InChI=1S/C9H15FO4/c1-3-5-13-8(11)7(10)9(12)14-6-4-2/h7H,3-6H2,1-2H3. The summed E-state index contributed by atoms with van der Waals surface area (Å²) in [7, 11) is 0. The van der Waals surface area contributed by atoms with Crippen molar-refractivity contribution in [1.29, 1.82) is 0 Å². The van der Waals surface area contributed by atoms with Gasteiger partial charge >= 0.3 is 11.9 Å². The third-order valence-corrected chi connectivity index (χ3v) is 1.31. The fourth-order valence-electron chi connectivity index (χ4n) is 0.648. The van der Waals surface area contributed by atoms with E-state index in [-0.39, 0.29) is 13.2 Å². The van der Waals surface area contributed by atoms with E-state index in [0.29, 0.717) is 12.8 Å². The van der Waals surface area contributed by atoms with Crippen molar-refractivity contribution >= 4 is 11.9 Å². The van der Waals surface area contributed by atoms with E-state index in [1.165, 1.54) is 0 Å². The predicted octanol–water partition coefficient (Wildman–Crippen LogP) is 1.23. The third-order valence-electron chi connectivity index (χ3n) is 1.31. The summed E-state index contributed by atoms with van der Waals surface area (Å²) in [6, 6.07) is 0. The molecule has 14 heavy (non-hydrogen) atoms. The predicted molar refractivity (Wildman–Crippen MR) is 47.4 cm³/mol. The molecule has 0 N–H and O–H groups in total. The number of halogens is 1. The van der Waals surface area contributed by atoms with E-state index >= 15 is 0 Å².